The van der Waals surface area contributed by atoms with E-state index in [0.29, 0.717) is 17.4 Å². The zero-order valence-corrected chi connectivity index (χ0v) is 64.9. The zero-order valence-electron chi connectivity index (χ0n) is 64.0. The van der Waals surface area contributed by atoms with Gasteiger partial charge in [-0.2, -0.15) is 0 Å². The highest BCUT2D eigenvalue weighted by Crippen LogP contribution is 2.43. The van der Waals surface area contributed by atoms with Gasteiger partial charge in [-0.15, -0.1) is 0 Å². The van der Waals surface area contributed by atoms with Crippen molar-refractivity contribution in [2.24, 2.45) is 0 Å². The summed E-state index contributed by atoms with van der Waals surface area (Å²) in [6, 6.07) is 0. The third kappa shape index (κ3) is 80.6. The van der Waals surface area contributed by atoms with E-state index in [9.17, 15) is 19.0 Å². The Kier molecular flexibility index (Phi) is 73.4. The van der Waals surface area contributed by atoms with Crippen LogP contribution in [0.2, 0.25) is 0 Å². The number of carbonyl (C=O) groups excluding carboxylic acids is 2. The maximum absolute atomic E-state index is 12.9. The van der Waals surface area contributed by atoms with Gasteiger partial charge in [0.2, 0.25) is 0 Å². The second kappa shape index (κ2) is 76.8. The Morgan fingerprint density at radius 2 is 0.551 bits per heavy atom. The van der Waals surface area contributed by atoms with Crippen LogP contribution in [0.1, 0.15) is 335 Å². The lowest BCUT2D eigenvalue weighted by molar-refractivity contribution is -0.870. The van der Waals surface area contributed by atoms with Crippen molar-refractivity contribution in [2.75, 3.05) is 47.5 Å². The molecule has 0 amide bonds. The molecule has 0 aromatic carbocycles. The van der Waals surface area contributed by atoms with Crippen molar-refractivity contribution in [3.8, 4) is 0 Å². The molecule has 9 nitrogen and oxygen atoms in total. The molecule has 0 aliphatic rings. The summed E-state index contributed by atoms with van der Waals surface area (Å²) in [6.07, 6.45) is 115. The predicted octanol–water partition coefficient (Wildman–Crippen LogP) is 27.1. The molecule has 0 spiro atoms. The number of ether oxygens (including phenoxy) is 2. The Bertz CT molecular complexity index is 2220. The Morgan fingerprint density at radius 1 is 0.316 bits per heavy atom. The lowest BCUT2D eigenvalue weighted by Gasteiger charge is -2.24. The number of phosphoric ester groups is 1. The molecule has 0 fully saturated rings. The predicted molar refractivity (Wildman–Crippen MR) is 426 cm³/mol. The van der Waals surface area contributed by atoms with E-state index in [0.717, 1.165) is 128 Å². The van der Waals surface area contributed by atoms with Crippen molar-refractivity contribution in [1.29, 1.82) is 0 Å². The number of hydrogen-bond acceptors (Lipinski definition) is 7. The van der Waals surface area contributed by atoms with Crippen molar-refractivity contribution in [1.82, 2.24) is 0 Å². The highest BCUT2D eigenvalue weighted by atomic mass is 31.2. The highest BCUT2D eigenvalue weighted by molar-refractivity contribution is 7.47. The summed E-state index contributed by atoms with van der Waals surface area (Å²) in [5, 5.41) is 0. The smallest absolute Gasteiger partial charge is 0.462 e. The molecule has 0 radical (unpaired) electrons. The summed E-state index contributed by atoms with van der Waals surface area (Å²) in [4.78, 5) is 36.0. The topological polar surface area (TPSA) is 108 Å². The molecule has 1 N–H and O–H groups in total. The van der Waals surface area contributed by atoms with Gasteiger partial charge in [-0.3, -0.25) is 18.6 Å². The van der Waals surface area contributed by atoms with E-state index >= 15 is 0 Å². The standard InChI is InChI=1S/C88H150NO8P/c1-6-8-10-12-14-16-18-20-22-24-26-28-30-32-34-36-38-40-41-42-43-44-45-46-47-49-50-52-54-56-58-60-62-64-66-68-70-72-74-76-78-80-87(90)94-84-86(85-96-98(92,93)95-83-82-89(3,4)5)97-88(91)81-79-77-75-73-71-69-67-65-63-61-59-57-55-53-51-48-39-37-35-33-31-29-27-25-23-21-19-17-15-13-11-9-7-2/h8-11,14-17,20-23,26-29,32-35,39,48,53,55,59,61,86H,6-7,12-13,18-19,24-25,30-31,36-38,40-47,49-52,54,56-58,60,62-85H2,1-5H3/p+1/b10-8-,11-9-,16-14-,17-15-,22-20-,23-21-,28-26-,29-27-,34-32-,35-33-,48-39-,55-53-,61-59-. The van der Waals surface area contributed by atoms with Crippen LogP contribution in [0.3, 0.4) is 0 Å². The molecular formula is C88H151NO8P+. The minimum atomic E-state index is -4.41. The number of carbonyl (C=O) groups is 2. The Labute approximate surface area is 605 Å². The van der Waals surface area contributed by atoms with E-state index in [2.05, 4.69) is 172 Å². The first-order valence-electron chi connectivity index (χ1n) is 40.2. The van der Waals surface area contributed by atoms with Gasteiger partial charge >= 0.3 is 19.8 Å². The molecule has 2 unspecified atom stereocenters. The fraction of sp³-hybridized carbons (Fsp3) is 0.682. The van der Waals surface area contributed by atoms with Crippen LogP contribution in [-0.4, -0.2) is 74.9 Å². The van der Waals surface area contributed by atoms with Crippen molar-refractivity contribution >= 4 is 19.8 Å². The summed E-state index contributed by atoms with van der Waals surface area (Å²) in [5.74, 6) is -0.802. The molecule has 0 aromatic rings. The van der Waals surface area contributed by atoms with Crippen LogP contribution < -0.4 is 0 Å². The van der Waals surface area contributed by atoms with Gasteiger partial charge in [-0.25, -0.2) is 4.57 Å². The first-order chi connectivity index (χ1) is 48.0. The molecule has 2 atom stereocenters. The van der Waals surface area contributed by atoms with Crippen molar-refractivity contribution < 1.29 is 42.1 Å². The maximum Gasteiger partial charge on any atom is 0.472 e. The summed E-state index contributed by atoms with van der Waals surface area (Å²) < 4.78 is 34.8. The minimum absolute atomic E-state index is 0.0247. The molecule has 98 heavy (non-hydrogen) atoms. The van der Waals surface area contributed by atoms with Gasteiger partial charge in [0.25, 0.3) is 0 Å². The number of allylic oxidation sites excluding steroid dienone is 26. The SMILES string of the molecule is CC/C=C\C/C=C\C/C=C\C/C=C\C/C=C\C/C=C\C/C=C\C/C=C\CCCCCCCCCCC(=O)OC(COC(=O)CCCCCCCCCCCCCCCCCCCCCCCCCCC/C=C\C/C=C\C/C=C\C/C=C\C/C=C\CC)COP(=O)(O)OCC[N+](C)(C)C. The number of quaternary nitrogens is 1. The van der Waals surface area contributed by atoms with Gasteiger partial charge in [0.1, 0.15) is 19.8 Å². The van der Waals surface area contributed by atoms with Crippen LogP contribution in [-0.2, 0) is 32.7 Å². The Morgan fingerprint density at radius 3 is 0.816 bits per heavy atom. The van der Waals surface area contributed by atoms with Gasteiger partial charge in [0.05, 0.1) is 27.7 Å². The molecular weight excluding hydrogens is 1230 g/mol. The van der Waals surface area contributed by atoms with Gasteiger partial charge in [0.15, 0.2) is 6.10 Å². The van der Waals surface area contributed by atoms with Crippen LogP contribution >= 0.6 is 7.82 Å². The quantitative estimate of drug-likeness (QED) is 0.0211. The summed E-state index contributed by atoms with van der Waals surface area (Å²) >= 11 is 0. The van der Waals surface area contributed by atoms with Gasteiger partial charge in [0, 0.05) is 12.8 Å². The van der Waals surface area contributed by atoms with Gasteiger partial charge < -0.3 is 18.9 Å². The molecule has 0 aliphatic heterocycles. The molecule has 560 valence electrons. The number of likely N-dealkylation sites (N-methyl/N-ethyl adjacent to an activating group) is 1. The van der Waals surface area contributed by atoms with Crippen LogP contribution in [0.25, 0.3) is 0 Å². The number of unbranched alkanes of at least 4 members (excludes halogenated alkanes) is 33. The summed E-state index contributed by atoms with van der Waals surface area (Å²) in [6.45, 7) is 4.22. The lowest BCUT2D eigenvalue weighted by Crippen LogP contribution is -2.37. The zero-order chi connectivity index (χ0) is 71.1. The summed E-state index contributed by atoms with van der Waals surface area (Å²) in [7, 11) is 1.47. The van der Waals surface area contributed by atoms with Crippen LogP contribution in [0, 0.1) is 0 Å². The number of phosphoric acid groups is 1. The first kappa shape index (κ1) is 93.6. The molecule has 0 aromatic heterocycles. The second-order valence-corrected chi connectivity index (χ2v) is 29.1. The lowest BCUT2D eigenvalue weighted by atomic mass is 10.0. The Hall–Kier alpha value is -4.37. The Balaban J connectivity index is 3.98. The van der Waals surface area contributed by atoms with Gasteiger partial charge in [-0.05, 0) is 122 Å². The number of hydrogen-bond donors (Lipinski definition) is 1. The third-order valence-electron chi connectivity index (χ3n) is 17.1. The molecule has 0 bridgehead atoms. The third-order valence-corrected chi connectivity index (χ3v) is 18.0. The molecule has 0 rings (SSSR count). The van der Waals surface area contributed by atoms with Crippen LogP contribution in [0.15, 0.2) is 158 Å². The van der Waals surface area contributed by atoms with E-state index in [4.69, 9.17) is 18.5 Å². The fourth-order valence-corrected chi connectivity index (χ4v) is 11.7. The highest BCUT2D eigenvalue weighted by Gasteiger charge is 2.27. The second-order valence-electron chi connectivity index (χ2n) is 27.7. The maximum atomic E-state index is 12.9. The largest absolute Gasteiger partial charge is 0.472 e. The summed E-state index contributed by atoms with van der Waals surface area (Å²) in [5.41, 5.74) is 0. The van der Waals surface area contributed by atoms with Crippen LogP contribution in [0.5, 0.6) is 0 Å². The first-order valence-corrected chi connectivity index (χ1v) is 41.7. The fourth-order valence-electron chi connectivity index (χ4n) is 11.0. The number of nitrogens with zero attached hydrogens (tertiary/aromatic N) is 1. The normalized spacial score (nSPS) is 13.9. The number of esters is 2. The molecule has 0 saturated heterocycles. The molecule has 0 aliphatic carbocycles. The van der Waals surface area contributed by atoms with Crippen LogP contribution in [0.4, 0.5) is 0 Å². The van der Waals surface area contributed by atoms with Crippen molar-refractivity contribution in [3.05, 3.63) is 158 Å². The number of rotatable bonds is 73. The monoisotopic (exact) mass is 1380 g/mol. The molecule has 0 saturated carbocycles. The van der Waals surface area contributed by atoms with E-state index in [1.807, 2.05) is 21.1 Å². The van der Waals surface area contributed by atoms with Gasteiger partial charge in [-0.1, -0.05) is 358 Å². The van der Waals surface area contributed by atoms with Crippen molar-refractivity contribution in [3.63, 3.8) is 0 Å². The van der Waals surface area contributed by atoms with Crippen molar-refractivity contribution in [2.45, 2.75) is 341 Å². The molecule has 10 heteroatoms. The van der Waals surface area contributed by atoms with E-state index < -0.39 is 26.5 Å². The average molecular weight is 1380 g/mol. The van der Waals surface area contributed by atoms with E-state index in [1.165, 1.54) is 173 Å². The minimum Gasteiger partial charge on any atom is -0.462 e. The molecule has 0 heterocycles. The van der Waals surface area contributed by atoms with E-state index in [-0.39, 0.29) is 32.0 Å². The van der Waals surface area contributed by atoms with E-state index in [1.54, 1.807) is 0 Å². The average Bonchev–Trinajstić information content (AvgIpc) is 1.08.